The molecule has 0 fully saturated rings. The van der Waals surface area contributed by atoms with E-state index in [-0.39, 0.29) is 24.0 Å². The zero-order valence-electron chi connectivity index (χ0n) is 15.3. The Morgan fingerprint density at radius 2 is 1.85 bits per heavy atom. The van der Waals surface area contributed by atoms with Crippen LogP contribution < -0.4 is 10.6 Å². The maximum Gasteiger partial charge on any atom is 0.193 e. The molecule has 2 N–H and O–H groups in total. The second-order valence-electron chi connectivity index (χ2n) is 5.81. The zero-order valence-corrected chi connectivity index (χ0v) is 18.4. The van der Waals surface area contributed by atoms with Crippen molar-refractivity contribution in [3.63, 3.8) is 0 Å². The summed E-state index contributed by atoms with van der Waals surface area (Å²) in [6.07, 6.45) is 3.93. The predicted molar refractivity (Wildman–Crippen MR) is 122 cm³/mol. The molecule has 142 valence electrons. The molecule has 5 nitrogen and oxygen atoms in total. The third-order valence-electron chi connectivity index (χ3n) is 3.76. The summed E-state index contributed by atoms with van der Waals surface area (Å²) in [6.45, 7) is 2.59. The summed E-state index contributed by atoms with van der Waals surface area (Å²) in [4.78, 5) is 10.7. The Kier molecular flexibility index (Phi) is 11.0. The molecule has 1 aromatic carbocycles. The number of hydrogen-bond acceptors (Lipinski definition) is 3. The highest BCUT2D eigenvalue weighted by atomic mass is 127. The quantitative estimate of drug-likeness (QED) is 0.253. The van der Waals surface area contributed by atoms with Gasteiger partial charge < -0.3 is 15.5 Å². The van der Waals surface area contributed by atoms with Crippen LogP contribution in [-0.4, -0.2) is 43.0 Å². The second-order valence-corrected chi connectivity index (χ2v) is 6.24. The van der Waals surface area contributed by atoms with Gasteiger partial charge in [-0.25, -0.2) is 4.98 Å². The molecular weight excluding hydrogens is 461 g/mol. The van der Waals surface area contributed by atoms with E-state index in [1.807, 2.05) is 56.6 Å². The van der Waals surface area contributed by atoms with E-state index in [9.17, 15) is 0 Å². The molecule has 1 heterocycles. The first-order valence-electron chi connectivity index (χ1n) is 8.50. The molecule has 0 aliphatic carbocycles. The van der Waals surface area contributed by atoms with Crippen molar-refractivity contribution in [3.8, 4) is 0 Å². The summed E-state index contributed by atoms with van der Waals surface area (Å²) in [5.74, 6) is 1.82. The van der Waals surface area contributed by atoms with Gasteiger partial charge >= 0.3 is 0 Å². The summed E-state index contributed by atoms with van der Waals surface area (Å²) in [6, 6.07) is 13.8. The Morgan fingerprint density at radius 3 is 2.50 bits per heavy atom. The van der Waals surface area contributed by atoms with E-state index in [1.54, 1.807) is 6.20 Å². The monoisotopic (exact) mass is 487 g/mol. The molecule has 1 aromatic heterocycles. The molecule has 0 aliphatic heterocycles. The van der Waals surface area contributed by atoms with Crippen molar-refractivity contribution in [2.24, 2.45) is 4.99 Å². The lowest BCUT2D eigenvalue weighted by Crippen LogP contribution is -2.38. The van der Waals surface area contributed by atoms with Crippen LogP contribution in [0, 0.1) is 0 Å². The van der Waals surface area contributed by atoms with Gasteiger partial charge in [0, 0.05) is 44.9 Å². The van der Waals surface area contributed by atoms with Crippen molar-refractivity contribution in [2.75, 3.05) is 32.5 Å². The van der Waals surface area contributed by atoms with Crippen LogP contribution >= 0.6 is 35.6 Å². The molecule has 0 bridgehead atoms. The van der Waals surface area contributed by atoms with E-state index in [0.717, 1.165) is 49.3 Å². The van der Waals surface area contributed by atoms with E-state index in [0.29, 0.717) is 0 Å². The van der Waals surface area contributed by atoms with Crippen molar-refractivity contribution in [1.29, 1.82) is 0 Å². The van der Waals surface area contributed by atoms with Crippen LogP contribution in [0.2, 0.25) is 5.02 Å². The molecule has 7 heteroatoms. The van der Waals surface area contributed by atoms with Crippen molar-refractivity contribution in [2.45, 2.75) is 19.4 Å². The molecule has 0 radical (unpaired) electrons. The van der Waals surface area contributed by atoms with Crippen molar-refractivity contribution in [1.82, 2.24) is 15.2 Å². The Hall–Kier alpha value is -1.54. The highest BCUT2D eigenvalue weighted by molar-refractivity contribution is 14.0. The van der Waals surface area contributed by atoms with Gasteiger partial charge in [-0.2, -0.15) is 0 Å². The van der Waals surface area contributed by atoms with Crippen molar-refractivity contribution in [3.05, 3.63) is 59.2 Å². The Morgan fingerprint density at radius 1 is 1.12 bits per heavy atom. The van der Waals surface area contributed by atoms with E-state index in [2.05, 4.69) is 25.5 Å². The lowest BCUT2D eigenvalue weighted by atomic mass is 10.2. The normalized spacial score (nSPS) is 10.8. The number of anilines is 1. The molecule has 0 atom stereocenters. The number of rotatable bonds is 8. The Bertz CT molecular complexity index is 649. The maximum atomic E-state index is 5.93. The first kappa shape index (κ1) is 22.5. The number of unbranched alkanes of at least 4 members (excludes halogenated alkanes) is 1. The van der Waals surface area contributed by atoms with Crippen LogP contribution in [0.5, 0.6) is 0 Å². The molecule has 0 spiro atoms. The third kappa shape index (κ3) is 8.23. The van der Waals surface area contributed by atoms with Crippen LogP contribution in [-0.2, 0) is 6.54 Å². The minimum Gasteiger partial charge on any atom is -0.370 e. The van der Waals surface area contributed by atoms with E-state index in [4.69, 9.17) is 11.6 Å². The number of benzene rings is 1. The highest BCUT2D eigenvalue weighted by Crippen LogP contribution is 2.11. The number of guanidine groups is 1. The molecular formula is C19H27ClIN5. The number of nitrogens with zero attached hydrogens (tertiary/aromatic N) is 3. The molecule has 0 amide bonds. The topological polar surface area (TPSA) is 52.6 Å². The first-order valence-corrected chi connectivity index (χ1v) is 8.88. The molecule has 0 unspecified atom stereocenters. The van der Waals surface area contributed by atoms with Gasteiger partial charge in [-0.05, 0) is 42.7 Å². The van der Waals surface area contributed by atoms with Gasteiger partial charge in [0.05, 0.1) is 0 Å². The largest absolute Gasteiger partial charge is 0.370 e. The van der Waals surface area contributed by atoms with E-state index < -0.39 is 0 Å². The molecule has 26 heavy (non-hydrogen) atoms. The number of aromatic nitrogens is 1. The predicted octanol–water partition coefficient (Wildman–Crippen LogP) is 4.25. The average Bonchev–Trinajstić information content (AvgIpc) is 2.64. The number of pyridine rings is 1. The number of hydrogen-bond donors (Lipinski definition) is 2. The molecule has 0 aliphatic rings. The van der Waals surface area contributed by atoms with Gasteiger partial charge in [0.2, 0.25) is 0 Å². The highest BCUT2D eigenvalue weighted by Gasteiger charge is 2.06. The minimum atomic E-state index is 0. The third-order valence-corrected chi connectivity index (χ3v) is 4.02. The maximum absolute atomic E-state index is 5.93. The Balaban J connectivity index is 0.00000338. The van der Waals surface area contributed by atoms with Gasteiger partial charge in [0.25, 0.3) is 0 Å². The number of aliphatic imine (C=N–C) groups is 1. The zero-order chi connectivity index (χ0) is 17.9. The standard InChI is InChI=1S/C19H26ClN5.HI/c1-21-19(25(2)15-16-8-10-17(20)11-9-16)24-14-6-5-13-23-18-7-3-4-12-22-18;/h3-4,7-12H,5-6,13-15H2,1-2H3,(H,21,24)(H,22,23);1H. The van der Waals surface area contributed by atoms with Crippen LogP contribution in [0.3, 0.4) is 0 Å². The van der Waals surface area contributed by atoms with E-state index >= 15 is 0 Å². The van der Waals surface area contributed by atoms with Crippen LogP contribution in [0.15, 0.2) is 53.7 Å². The van der Waals surface area contributed by atoms with Crippen molar-refractivity contribution >= 4 is 47.4 Å². The molecule has 0 saturated carbocycles. The average molecular weight is 488 g/mol. The second kappa shape index (κ2) is 12.8. The molecule has 2 rings (SSSR count). The fraction of sp³-hybridized carbons (Fsp3) is 0.368. The smallest absolute Gasteiger partial charge is 0.193 e. The Labute approximate surface area is 178 Å². The van der Waals surface area contributed by atoms with Crippen molar-refractivity contribution < 1.29 is 0 Å². The first-order chi connectivity index (χ1) is 12.2. The molecule has 0 saturated heterocycles. The van der Waals surface area contributed by atoms with E-state index in [1.165, 1.54) is 5.56 Å². The van der Waals surface area contributed by atoms with Gasteiger partial charge in [-0.3, -0.25) is 4.99 Å². The molecule has 2 aromatic rings. The SMILES string of the molecule is CN=C(NCCCCNc1ccccn1)N(C)Cc1ccc(Cl)cc1.I. The number of nitrogens with one attached hydrogen (secondary N) is 2. The fourth-order valence-electron chi connectivity index (χ4n) is 2.46. The van der Waals surface area contributed by atoms with Crippen LogP contribution in [0.25, 0.3) is 0 Å². The lowest BCUT2D eigenvalue weighted by molar-refractivity contribution is 0.475. The summed E-state index contributed by atoms with van der Waals surface area (Å²) in [7, 11) is 3.84. The van der Waals surface area contributed by atoms with Gasteiger partial charge in [-0.1, -0.05) is 29.8 Å². The summed E-state index contributed by atoms with van der Waals surface area (Å²) in [5, 5.41) is 7.48. The number of halogens is 2. The van der Waals surface area contributed by atoms with Crippen LogP contribution in [0.1, 0.15) is 18.4 Å². The summed E-state index contributed by atoms with van der Waals surface area (Å²) >= 11 is 5.93. The minimum absolute atomic E-state index is 0. The lowest BCUT2D eigenvalue weighted by Gasteiger charge is -2.22. The summed E-state index contributed by atoms with van der Waals surface area (Å²) < 4.78 is 0. The van der Waals surface area contributed by atoms with Crippen LogP contribution in [0.4, 0.5) is 5.82 Å². The van der Waals surface area contributed by atoms with Gasteiger partial charge in [-0.15, -0.1) is 24.0 Å². The van der Waals surface area contributed by atoms with Gasteiger partial charge in [0.1, 0.15) is 5.82 Å². The van der Waals surface area contributed by atoms with Gasteiger partial charge in [0.15, 0.2) is 5.96 Å². The fourth-order valence-corrected chi connectivity index (χ4v) is 2.58. The summed E-state index contributed by atoms with van der Waals surface area (Å²) in [5.41, 5.74) is 1.20.